The molecule has 0 saturated heterocycles. The second kappa shape index (κ2) is 7.96. The molecule has 0 heterocycles. The van der Waals surface area contributed by atoms with E-state index in [9.17, 15) is 0 Å². The van der Waals surface area contributed by atoms with Crippen molar-refractivity contribution in [3.05, 3.63) is 22.7 Å². The van der Waals surface area contributed by atoms with Crippen molar-refractivity contribution in [1.29, 1.82) is 0 Å². The van der Waals surface area contributed by atoms with Crippen molar-refractivity contribution in [2.75, 3.05) is 18.5 Å². The van der Waals surface area contributed by atoms with Crippen LogP contribution in [0.1, 0.15) is 19.8 Å². The van der Waals surface area contributed by atoms with E-state index in [1.807, 2.05) is 18.2 Å². The molecular formula is C12H16Br2O2. The van der Waals surface area contributed by atoms with Crippen molar-refractivity contribution in [2.24, 2.45) is 0 Å². The molecule has 0 fully saturated rings. The minimum atomic E-state index is 0.669. The molecule has 0 N–H and O–H groups in total. The van der Waals surface area contributed by atoms with Crippen LogP contribution in [0.25, 0.3) is 0 Å². The lowest BCUT2D eigenvalue weighted by molar-refractivity contribution is 0.305. The number of benzene rings is 1. The third-order valence-corrected chi connectivity index (χ3v) is 2.95. The summed E-state index contributed by atoms with van der Waals surface area (Å²) in [4.78, 5) is 0. The van der Waals surface area contributed by atoms with Gasteiger partial charge in [0.2, 0.25) is 0 Å². The summed E-state index contributed by atoms with van der Waals surface area (Å²) in [5, 5.41) is 0.833. The molecule has 0 amide bonds. The Labute approximate surface area is 114 Å². The molecule has 0 atom stereocenters. The van der Waals surface area contributed by atoms with E-state index in [4.69, 9.17) is 9.47 Å². The third-order valence-electron chi connectivity index (χ3n) is 2.00. The van der Waals surface area contributed by atoms with E-state index in [0.29, 0.717) is 6.61 Å². The first-order valence-corrected chi connectivity index (χ1v) is 7.30. The first kappa shape index (κ1) is 13.8. The molecule has 0 radical (unpaired) electrons. The minimum Gasteiger partial charge on any atom is -0.493 e. The van der Waals surface area contributed by atoms with Crippen LogP contribution >= 0.6 is 31.9 Å². The molecule has 4 heteroatoms. The van der Waals surface area contributed by atoms with Crippen LogP contribution in [0.15, 0.2) is 22.7 Å². The molecule has 0 aromatic heterocycles. The Kier molecular flexibility index (Phi) is 6.88. The van der Waals surface area contributed by atoms with Gasteiger partial charge in [-0.2, -0.15) is 0 Å². The number of ether oxygens (including phenoxy) is 2. The van der Waals surface area contributed by atoms with Crippen molar-refractivity contribution in [2.45, 2.75) is 19.8 Å². The summed E-state index contributed by atoms with van der Waals surface area (Å²) in [7, 11) is 0. The van der Waals surface area contributed by atoms with Crippen LogP contribution in [0.4, 0.5) is 0 Å². The Morgan fingerprint density at radius 3 is 2.62 bits per heavy atom. The first-order chi connectivity index (χ1) is 7.77. The number of rotatable bonds is 7. The van der Waals surface area contributed by atoms with Gasteiger partial charge in [0, 0.05) is 5.33 Å². The number of unbranched alkanes of at least 4 members (excludes halogenated alkanes) is 1. The van der Waals surface area contributed by atoms with E-state index >= 15 is 0 Å². The van der Waals surface area contributed by atoms with E-state index < -0.39 is 0 Å². The molecule has 0 aliphatic carbocycles. The minimum absolute atomic E-state index is 0.669. The number of alkyl halides is 1. The maximum atomic E-state index is 5.62. The molecule has 2 nitrogen and oxygen atoms in total. The van der Waals surface area contributed by atoms with E-state index in [1.165, 1.54) is 0 Å². The largest absolute Gasteiger partial charge is 0.493 e. The topological polar surface area (TPSA) is 18.5 Å². The Balaban J connectivity index is 2.53. The predicted molar refractivity (Wildman–Crippen MR) is 73.8 cm³/mol. The highest BCUT2D eigenvalue weighted by molar-refractivity contribution is 9.10. The first-order valence-electron chi connectivity index (χ1n) is 5.39. The summed E-state index contributed by atoms with van der Waals surface area (Å²) in [5.41, 5.74) is 0. The van der Waals surface area contributed by atoms with Crippen LogP contribution in [0.2, 0.25) is 0 Å². The van der Waals surface area contributed by atoms with Gasteiger partial charge in [0.25, 0.3) is 0 Å². The molecule has 90 valence electrons. The van der Waals surface area contributed by atoms with Crippen LogP contribution in [0.3, 0.4) is 0 Å². The Hall–Kier alpha value is -0.220. The van der Waals surface area contributed by atoms with Gasteiger partial charge in [-0.3, -0.25) is 0 Å². The summed E-state index contributed by atoms with van der Waals surface area (Å²) in [6.07, 6.45) is 2.22. The van der Waals surface area contributed by atoms with Gasteiger partial charge in [-0.25, -0.2) is 0 Å². The van der Waals surface area contributed by atoms with E-state index in [-0.39, 0.29) is 0 Å². The highest BCUT2D eigenvalue weighted by Gasteiger charge is 2.03. The predicted octanol–water partition coefficient (Wildman–Crippen LogP) is 4.40. The van der Waals surface area contributed by atoms with Gasteiger partial charge in [-0.05, 0) is 40.5 Å². The zero-order valence-electron chi connectivity index (χ0n) is 9.34. The van der Waals surface area contributed by atoms with Gasteiger partial charge < -0.3 is 9.47 Å². The summed E-state index contributed by atoms with van der Waals surface area (Å²) < 4.78 is 12.0. The zero-order chi connectivity index (χ0) is 11.8. The van der Waals surface area contributed by atoms with Crippen LogP contribution in [0, 0.1) is 0 Å². The second-order valence-corrected chi connectivity index (χ2v) is 4.98. The molecule has 1 aromatic rings. The summed E-state index contributed by atoms with van der Waals surface area (Å²) >= 11 is 6.79. The normalized spacial score (nSPS) is 10.2. The molecule has 0 aliphatic heterocycles. The highest BCUT2D eigenvalue weighted by Crippen LogP contribution is 2.29. The fraction of sp³-hybridized carbons (Fsp3) is 0.500. The molecular weight excluding hydrogens is 336 g/mol. The summed E-state index contributed by atoms with van der Waals surface area (Å²) in [6, 6.07) is 5.79. The third kappa shape index (κ3) is 4.74. The zero-order valence-corrected chi connectivity index (χ0v) is 12.5. The van der Waals surface area contributed by atoms with E-state index in [1.54, 1.807) is 0 Å². The van der Waals surface area contributed by atoms with Crippen LogP contribution in [0.5, 0.6) is 11.5 Å². The van der Waals surface area contributed by atoms with E-state index in [2.05, 4.69) is 38.8 Å². The molecule has 0 unspecified atom stereocenters. The molecule has 16 heavy (non-hydrogen) atoms. The smallest absolute Gasteiger partial charge is 0.133 e. The van der Waals surface area contributed by atoms with Crippen molar-refractivity contribution in [3.8, 4) is 11.5 Å². The molecule has 1 rings (SSSR count). The second-order valence-electron chi connectivity index (χ2n) is 3.33. The average molecular weight is 352 g/mol. The Bertz CT molecular complexity index is 316. The highest BCUT2D eigenvalue weighted by atomic mass is 79.9. The van der Waals surface area contributed by atoms with Crippen molar-refractivity contribution >= 4 is 31.9 Å². The molecule has 0 saturated carbocycles. The molecule has 0 aliphatic rings. The van der Waals surface area contributed by atoms with Crippen LogP contribution in [-0.4, -0.2) is 18.5 Å². The number of halogens is 2. The van der Waals surface area contributed by atoms with Gasteiger partial charge in [0.05, 0.1) is 17.7 Å². The fourth-order valence-corrected chi connectivity index (χ4v) is 1.81. The van der Waals surface area contributed by atoms with Gasteiger partial charge in [-0.1, -0.05) is 29.3 Å². The van der Waals surface area contributed by atoms with Crippen molar-refractivity contribution in [3.63, 3.8) is 0 Å². The number of hydrogen-bond donors (Lipinski definition) is 0. The molecule has 0 spiro atoms. The number of hydrogen-bond acceptors (Lipinski definition) is 2. The Morgan fingerprint density at radius 1 is 1.19 bits per heavy atom. The lowest BCUT2D eigenvalue weighted by atomic mass is 10.3. The monoisotopic (exact) mass is 350 g/mol. The summed E-state index contributed by atoms with van der Waals surface area (Å²) in [6.45, 7) is 3.58. The quantitative estimate of drug-likeness (QED) is 0.535. The lowest BCUT2D eigenvalue weighted by Crippen LogP contribution is -1.99. The van der Waals surface area contributed by atoms with Gasteiger partial charge in [-0.15, -0.1) is 0 Å². The van der Waals surface area contributed by atoms with E-state index in [0.717, 1.165) is 40.8 Å². The lowest BCUT2D eigenvalue weighted by Gasteiger charge is -2.09. The molecule has 1 aromatic carbocycles. The SMILES string of the molecule is CCCCOc1ccc(OCCBr)cc1Br. The Morgan fingerprint density at radius 2 is 2.00 bits per heavy atom. The molecule has 0 bridgehead atoms. The maximum absolute atomic E-state index is 5.62. The van der Waals surface area contributed by atoms with Gasteiger partial charge in [0.15, 0.2) is 0 Å². The standard InChI is InChI=1S/C12H16Br2O2/c1-2-3-7-16-12-5-4-10(9-11(12)14)15-8-6-13/h4-5,9H,2-3,6-8H2,1H3. The van der Waals surface area contributed by atoms with Gasteiger partial charge >= 0.3 is 0 Å². The summed E-state index contributed by atoms with van der Waals surface area (Å²) in [5.74, 6) is 1.73. The fourth-order valence-electron chi connectivity index (χ4n) is 1.17. The van der Waals surface area contributed by atoms with Crippen molar-refractivity contribution < 1.29 is 9.47 Å². The van der Waals surface area contributed by atoms with Crippen LogP contribution in [-0.2, 0) is 0 Å². The van der Waals surface area contributed by atoms with Crippen LogP contribution < -0.4 is 9.47 Å². The van der Waals surface area contributed by atoms with Gasteiger partial charge in [0.1, 0.15) is 11.5 Å². The van der Waals surface area contributed by atoms with Crippen molar-refractivity contribution in [1.82, 2.24) is 0 Å². The maximum Gasteiger partial charge on any atom is 0.133 e. The average Bonchev–Trinajstić information content (AvgIpc) is 2.29.